The summed E-state index contributed by atoms with van der Waals surface area (Å²) in [5.41, 5.74) is 2.39. The lowest BCUT2D eigenvalue weighted by Crippen LogP contribution is -2.24. The van der Waals surface area contributed by atoms with Crippen molar-refractivity contribution in [3.05, 3.63) is 82.1 Å². The minimum absolute atomic E-state index is 0.236. The van der Waals surface area contributed by atoms with E-state index in [0.29, 0.717) is 16.1 Å². The summed E-state index contributed by atoms with van der Waals surface area (Å²) in [6, 6.07) is 13.4. The number of pyridine rings is 1. The molecule has 2 aromatic carbocycles. The molecule has 0 atom stereocenters. The van der Waals surface area contributed by atoms with E-state index >= 15 is 0 Å². The highest BCUT2D eigenvalue weighted by atomic mass is 35.5. The first-order valence-corrected chi connectivity index (χ1v) is 10.7. The van der Waals surface area contributed by atoms with Crippen molar-refractivity contribution in [3.63, 3.8) is 0 Å². The monoisotopic (exact) mass is 438 g/mol. The number of halogens is 2. The van der Waals surface area contributed by atoms with Gasteiger partial charge in [0.1, 0.15) is 5.82 Å². The van der Waals surface area contributed by atoms with Crippen LogP contribution in [0.25, 0.3) is 27.7 Å². The van der Waals surface area contributed by atoms with Gasteiger partial charge in [0.15, 0.2) is 0 Å². The fourth-order valence-corrected chi connectivity index (χ4v) is 3.90. The van der Waals surface area contributed by atoms with Gasteiger partial charge in [-0.2, -0.15) is 5.10 Å². The van der Waals surface area contributed by atoms with E-state index in [1.165, 1.54) is 12.1 Å². The highest BCUT2D eigenvalue weighted by Crippen LogP contribution is 2.25. The van der Waals surface area contributed by atoms with Gasteiger partial charge in [-0.15, -0.1) is 0 Å². The highest BCUT2D eigenvalue weighted by Gasteiger charge is 2.10. The number of aromatic nitrogens is 3. The molecule has 0 amide bonds. The van der Waals surface area contributed by atoms with Crippen LogP contribution in [0.15, 0.2) is 65.7 Å². The molecule has 0 radical (unpaired) electrons. The lowest BCUT2D eigenvalue weighted by Gasteiger charge is -2.15. The van der Waals surface area contributed by atoms with Gasteiger partial charge in [0.2, 0.25) is 0 Å². The third-order valence-electron chi connectivity index (χ3n) is 5.36. The third kappa shape index (κ3) is 4.55. The quantitative estimate of drug-likeness (QED) is 0.408. The smallest absolute Gasteiger partial charge is 0.255 e. The summed E-state index contributed by atoms with van der Waals surface area (Å²) in [5, 5.41) is 5.79. The van der Waals surface area contributed by atoms with Gasteiger partial charge >= 0.3 is 0 Å². The Kier molecular flexibility index (Phi) is 6.20. The first kappa shape index (κ1) is 21.3. The van der Waals surface area contributed by atoms with Crippen molar-refractivity contribution >= 4 is 22.5 Å². The van der Waals surface area contributed by atoms with Gasteiger partial charge in [-0.25, -0.2) is 4.39 Å². The van der Waals surface area contributed by atoms with Crippen molar-refractivity contribution < 1.29 is 4.39 Å². The summed E-state index contributed by atoms with van der Waals surface area (Å²) in [6.45, 7) is 4.96. The Bertz CT molecular complexity index is 1280. The van der Waals surface area contributed by atoms with Crippen LogP contribution in [0.5, 0.6) is 0 Å². The van der Waals surface area contributed by atoms with Crippen LogP contribution in [0.3, 0.4) is 0 Å². The fourth-order valence-electron chi connectivity index (χ4n) is 3.74. The van der Waals surface area contributed by atoms with Crippen molar-refractivity contribution in [2.24, 2.45) is 0 Å². The molecule has 4 aromatic rings. The molecule has 0 aliphatic carbocycles. The first-order chi connectivity index (χ1) is 15.0. The summed E-state index contributed by atoms with van der Waals surface area (Å²) in [5.74, 6) is -0.455. The molecule has 5 nitrogen and oxygen atoms in total. The van der Waals surface area contributed by atoms with E-state index < -0.39 is 5.82 Å². The molecule has 160 valence electrons. The minimum Gasteiger partial charge on any atom is -0.305 e. The molecule has 0 aliphatic heterocycles. The van der Waals surface area contributed by atoms with E-state index in [2.05, 4.69) is 24.0 Å². The average molecular weight is 439 g/mol. The fraction of sp³-hybridized carbons (Fsp3) is 0.250. The van der Waals surface area contributed by atoms with Crippen LogP contribution in [0, 0.1) is 5.82 Å². The molecule has 7 heteroatoms. The number of likely N-dealkylation sites (N-methyl/N-ethyl adjacent to an activating group) is 1. The molecule has 0 spiro atoms. The van der Waals surface area contributed by atoms with Crippen molar-refractivity contribution in [1.29, 1.82) is 0 Å². The second-order valence-corrected chi connectivity index (χ2v) is 8.10. The molecule has 2 heterocycles. The largest absolute Gasteiger partial charge is 0.305 e. The van der Waals surface area contributed by atoms with E-state index in [1.807, 2.05) is 29.1 Å². The van der Waals surface area contributed by atoms with Gasteiger partial charge in [0, 0.05) is 40.5 Å². The van der Waals surface area contributed by atoms with Crippen LogP contribution in [-0.4, -0.2) is 39.4 Å². The molecule has 0 saturated heterocycles. The Morgan fingerprint density at radius 3 is 2.68 bits per heavy atom. The maximum absolute atomic E-state index is 14.2. The Morgan fingerprint density at radius 1 is 1.10 bits per heavy atom. The van der Waals surface area contributed by atoms with Crippen LogP contribution in [0.4, 0.5) is 4.39 Å². The maximum atomic E-state index is 14.2. The average Bonchev–Trinajstić information content (AvgIpc) is 3.14. The molecule has 0 fully saturated rings. The normalized spacial score (nSPS) is 11.5. The SMILES string of the molecule is CCCN(C)CCn1ncc2cc(-n3ccc(-c4ccc(Cl)cc4F)cc3=O)ccc21. The van der Waals surface area contributed by atoms with Gasteiger partial charge < -0.3 is 4.90 Å². The molecule has 2 aromatic heterocycles. The zero-order valence-corrected chi connectivity index (χ0v) is 18.3. The lowest BCUT2D eigenvalue weighted by molar-refractivity contribution is 0.315. The summed E-state index contributed by atoms with van der Waals surface area (Å²) >= 11 is 5.82. The second-order valence-electron chi connectivity index (χ2n) is 7.66. The number of fused-ring (bicyclic) bond motifs is 1. The molecule has 0 bridgehead atoms. The number of hydrogen-bond donors (Lipinski definition) is 0. The van der Waals surface area contributed by atoms with Crippen LogP contribution < -0.4 is 5.56 Å². The Labute approximate surface area is 185 Å². The third-order valence-corrected chi connectivity index (χ3v) is 5.60. The molecule has 0 N–H and O–H groups in total. The van der Waals surface area contributed by atoms with Crippen LogP contribution in [0.1, 0.15) is 13.3 Å². The Hall–Kier alpha value is -2.96. The van der Waals surface area contributed by atoms with Crippen molar-refractivity contribution in [2.75, 3.05) is 20.1 Å². The summed E-state index contributed by atoms with van der Waals surface area (Å²) < 4.78 is 17.7. The topological polar surface area (TPSA) is 43.1 Å². The summed E-state index contributed by atoms with van der Waals surface area (Å²) in [7, 11) is 2.11. The first-order valence-electron chi connectivity index (χ1n) is 10.3. The number of nitrogens with zero attached hydrogens (tertiary/aromatic N) is 4. The van der Waals surface area contributed by atoms with E-state index in [1.54, 1.807) is 29.0 Å². The molecular weight excluding hydrogens is 415 g/mol. The number of hydrogen-bond acceptors (Lipinski definition) is 3. The standard InChI is InChI=1S/C24H24ClFN4O/c1-3-9-28(2)11-12-30-23-7-5-20(13-18(23)16-27-30)29-10-8-17(14-24(29)31)21-6-4-19(25)15-22(21)26/h4-8,10,13-16H,3,9,11-12H2,1-2H3. The van der Waals surface area contributed by atoms with Crippen LogP contribution in [0.2, 0.25) is 5.02 Å². The molecule has 0 saturated carbocycles. The second kappa shape index (κ2) is 9.04. The Morgan fingerprint density at radius 2 is 1.94 bits per heavy atom. The molecule has 0 unspecified atom stereocenters. The Balaban J connectivity index is 1.61. The predicted octanol–water partition coefficient (Wildman–Crippen LogP) is 4.99. The molecular formula is C24H24ClFN4O. The lowest BCUT2D eigenvalue weighted by atomic mass is 10.1. The predicted molar refractivity (Wildman–Crippen MR) is 124 cm³/mol. The zero-order chi connectivity index (χ0) is 22.0. The highest BCUT2D eigenvalue weighted by molar-refractivity contribution is 6.30. The maximum Gasteiger partial charge on any atom is 0.255 e. The van der Waals surface area contributed by atoms with E-state index in [4.69, 9.17) is 11.6 Å². The van der Waals surface area contributed by atoms with Crippen molar-refractivity contribution in [1.82, 2.24) is 19.2 Å². The van der Waals surface area contributed by atoms with Gasteiger partial charge in [-0.3, -0.25) is 14.0 Å². The number of rotatable bonds is 7. The zero-order valence-electron chi connectivity index (χ0n) is 17.6. The van der Waals surface area contributed by atoms with E-state index in [0.717, 1.165) is 42.6 Å². The van der Waals surface area contributed by atoms with Crippen molar-refractivity contribution in [3.8, 4) is 16.8 Å². The van der Waals surface area contributed by atoms with E-state index in [9.17, 15) is 9.18 Å². The van der Waals surface area contributed by atoms with Crippen molar-refractivity contribution in [2.45, 2.75) is 19.9 Å². The van der Waals surface area contributed by atoms with Gasteiger partial charge in [0.25, 0.3) is 5.56 Å². The molecule has 4 rings (SSSR count). The summed E-state index contributed by atoms with van der Waals surface area (Å²) in [6.07, 6.45) is 4.61. The minimum atomic E-state index is -0.455. The molecule has 31 heavy (non-hydrogen) atoms. The number of benzene rings is 2. The summed E-state index contributed by atoms with van der Waals surface area (Å²) in [4.78, 5) is 15.0. The van der Waals surface area contributed by atoms with Gasteiger partial charge in [-0.1, -0.05) is 18.5 Å². The van der Waals surface area contributed by atoms with Crippen LogP contribution >= 0.6 is 11.6 Å². The van der Waals surface area contributed by atoms with Gasteiger partial charge in [-0.05, 0) is 68.0 Å². The van der Waals surface area contributed by atoms with Crippen LogP contribution in [-0.2, 0) is 6.54 Å². The van der Waals surface area contributed by atoms with E-state index in [-0.39, 0.29) is 5.56 Å². The molecule has 0 aliphatic rings. The van der Waals surface area contributed by atoms with Gasteiger partial charge in [0.05, 0.1) is 18.3 Å².